The third-order valence-corrected chi connectivity index (χ3v) is 7.38. The first kappa shape index (κ1) is 16.0. The van der Waals surface area contributed by atoms with Crippen molar-refractivity contribution in [2.75, 3.05) is 26.7 Å². The van der Waals surface area contributed by atoms with Gasteiger partial charge in [-0.05, 0) is 0 Å². The van der Waals surface area contributed by atoms with Gasteiger partial charge in [-0.2, -0.15) is 0 Å². The van der Waals surface area contributed by atoms with Gasteiger partial charge in [-0.15, -0.1) is 0 Å². The van der Waals surface area contributed by atoms with E-state index in [0.717, 1.165) is 25.4 Å². The zero-order valence-electron chi connectivity index (χ0n) is 14.3. The molecule has 4 rings (SSSR count). The number of nitrogens with zero attached hydrogens (tertiary/aromatic N) is 1. The molecule has 124 valence electrons. The third kappa shape index (κ3) is 2.82. The van der Waals surface area contributed by atoms with Crippen LogP contribution in [-0.2, 0) is 0 Å². The van der Waals surface area contributed by atoms with Crippen LogP contribution in [0.5, 0.6) is 5.75 Å². The molecule has 2 nitrogen and oxygen atoms in total. The summed E-state index contributed by atoms with van der Waals surface area (Å²) in [6, 6.07) is 15.6. The van der Waals surface area contributed by atoms with Crippen LogP contribution in [0.2, 0.25) is 0 Å². The van der Waals surface area contributed by atoms with Crippen molar-refractivity contribution in [1.29, 1.82) is 0 Å². The zero-order valence-corrected chi connectivity index (χ0v) is 16.1. The summed E-state index contributed by atoms with van der Waals surface area (Å²) in [6.45, 7) is 5.11. The number of hydrogen-bond acceptors (Lipinski definition) is 2. The van der Waals surface area contributed by atoms with E-state index in [1.54, 1.807) is 5.57 Å². The molecule has 3 heteroatoms. The molecule has 1 saturated heterocycles. The number of rotatable bonds is 2. The maximum atomic E-state index is 5.96. The molecule has 0 amide bonds. The van der Waals surface area contributed by atoms with E-state index in [-0.39, 0.29) is 0 Å². The van der Waals surface area contributed by atoms with Gasteiger partial charge in [0, 0.05) is 0 Å². The van der Waals surface area contributed by atoms with E-state index in [0.29, 0.717) is 15.0 Å². The van der Waals surface area contributed by atoms with Crippen molar-refractivity contribution < 1.29 is 4.74 Å². The van der Waals surface area contributed by atoms with Crippen LogP contribution < -0.4 is 13.7 Å². The second-order valence-corrected chi connectivity index (χ2v) is 8.65. The van der Waals surface area contributed by atoms with Gasteiger partial charge in [-0.3, -0.25) is 0 Å². The molecule has 0 N–H and O–H groups in total. The average molecular weight is 384 g/mol. The molecular formula is C21H23NOSe. The Balaban J connectivity index is 1.91. The minimum atomic E-state index is 0.313. The second kappa shape index (κ2) is 6.76. The Labute approximate surface area is 150 Å². The summed E-state index contributed by atoms with van der Waals surface area (Å²) in [4.78, 5) is 2.43. The third-order valence-electron chi connectivity index (χ3n) is 4.86. The minimum absolute atomic E-state index is 0.313. The Morgan fingerprint density at radius 1 is 1.00 bits per heavy atom. The summed E-state index contributed by atoms with van der Waals surface area (Å²) in [5.41, 5.74) is 5.98. The van der Waals surface area contributed by atoms with Crippen LogP contribution in [0.1, 0.15) is 30.9 Å². The van der Waals surface area contributed by atoms with Crippen LogP contribution in [-0.4, -0.2) is 46.6 Å². The topological polar surface area (TPSA) is 12.5 Å². The number of piperidine rings is 1. The summed E-state index contributed by atoms with van der Waals surface area (Å²) in [6.07, 6.45) is 2.34. The van der Waals surface area contributed by atoms with E-state index < -0.39 is 0 Å². The number of ether oxygens (including phenoxy) is 1. The van der Waals surface area contributed by atoms with Gasteiger partial charge in [0.1, 0.15) is 0 Å². The number of likely N-dealkylation sites (tertiary alicyclic amines) is 1. The molecule has 2 heterocycles. The van der Waals surface area contributed by atoms with E-state index >= 15 is 0 Å². The first-order valence-corrected chi connectivity index (χ1v) is 10.4. The fraction of sp³-hybridized carbons (Fsp3) is 0.333. The van der Waals surface area contributed by atoms with Gasteiger partial charge in [-0.1, -0.05) is 0 Å². The maximum absolute atomic E-state index is 5.96. The van der Waals surface area contributed by atoms with Crippen molar-refractivity contribution >= 4 is 29.5 Å². The molecule has 24 heavy (non-hydrogen) atoms. The monoisotopic (exact) mass is 385 g/mol. The van der Waals surface area contributed by atoms with Crippen molar-refractivity contribution in [3.05, 3.63) is 59.2 Å². The second-order valence-electron chi connectivity index (χ2n) is 6.45. The van der Waals surface area contributed by atoms with Gasteiger partial charge in [0.15, 0.2) is 0 Å². The van der Waals surface area contributed by atoms with Gasteiger partial charge < -0.3 is 0 Å². The van der Waals surface area contributed by atoms with Crippen LogP contribution in [0.15, 0.2) is 48.0 Å². The number of benzene rings is 2. The zero-order chi connectivity index (χ0) is 16.5. The molecule has 0 bridgehead atoms. The molecule has 2 aliphatic heterocycles. The SMILES string of the molecule is CCOc1cccc2c1[Se]c1ccccc1C2=C1CCN(C)CC1. The Kier molecular flexibility index (Phi) is 4.49. The quantitative estimate of drug-likeness (QED) is 0.630. The molecule has 0 atom stereocenters. The van der Waals surface area contributed by atoms with Crippen molar-refractivity contribution in [2.24, 2.45) is 0 Å². The van der Waals surface area contributed by atoms with Gasteiger partial charge in [-0.25, -0.2) is 0 Å². The van der Waals surface area contributed by atoms with Gasteiger partial charge in [0.05, 0.1) is 0 Å². The van der Waals surface area contributed by atoms with Gasteiger partial charge in [0.25, 0.3) is 0 Å². The van der Waals surface area contributed by atoms with Crippen LogP contribution in [0.3, 0.4) is 0 Å². The van der Waals surface area contributed by atoms with E-state index in [1.807, 2.05) is 0 Å². The Hall–Kier alpha value is -1.54. The van der Waals surface area contributed by atoms with Crippen LogP contribution in [0.4, 0.5) is 0 Å². The Morgan fingerprint density at radius 3 is 2.54 bits per heavy atom. The Bertz CT molecular complexity index is 786. The van der Waals surface area contributed by atoms with Crippen molar-refractivity contribution in [3.8, 4) is 5.75 Å². The molecule has 0 unspecified atom stereocenters. The van der Waals surface area contributed by atoms with E-state index in [9.17, 15) is 0 Å². The Morgan fingerprint density at radius 2 is 1.75 bits per heavy atom. The van der Waals surface area contributed by atoms with Crippen molar-refractivity contribution in [3.63, 3.8) is 0 Å². The molecule has 2 aromatic rings. The molecule has 0 radical (unpaired) electrons. The molecule has 0 saturated carbocycles. The fourth-order valence-electron chi connectivity index (χ4n) is 3.62. The number of fused-ring (bicyclic) bond motifs is 2. The molecule has 0 aromatic heterocycles. The predicted molar refractivity (Wildman–Crippen MR) is 102 cm³/mol. The van der Waals surface area contributed by atoms with Gasteiger partial charge in [0.2, 0.25) is 0 Å². The molecule has 0 aliphatic carbocycles. The first-order chi connectivity index (χ1) is 11.8. The van der Waals surface area contributed by atoms with E-state index in [4.69, 9.17) is 4.74 Å². The summed E-state index contributed by atoms with van der Waals surface area (Å²) in [5.74, 6) is 1.08. The molecule has 0 spiro atoms. The molecule has 2 aromatic carbocycles. The summed E-state index contributed by atoms with van der Waals surface area (Å²) in [5, 5.41) is 0. The van der Waals surface area contributed by atoms with Gasteiger partial charge >= 0.3 is 151 Å². The average Bonchev–Trinajstić information content (AvgIpc) is 2.61. The van der Waals surface area contributed by atoms with Crippen LogP contribution >= 0.6 is 0 Å². The van der Waals surface area contributed by atoms with Crippen molar-refractivity contribution in [1.82, 2.24) is 4.90 Å². The predicted octanol–water partition coefficient (Wildman–Crippen LogP) is 2.58. The standard InChI is InChI=1S/C21H23NOSe/c1-3-23-18-9-6-8-17-20(15-11-13-22(2)14-12-15)16-7-4-5-10-19(16)24-21(17)18/h4-10H,3,11-14H2,1-2H3. The molecule has 2 aliphatic rings. The van der Waals surface area contributed by atoms with E-state index in [2.05, 4.69) is 61.3 Å². The van der Waals surface area contributed by atoms with Crippen LogP contribution in [0, 0.1) is 0 Å². The normalized spacial score (nSPS) is 17.4. The van der Waals surface area contributed by atoms with Crippen LogP contribution in [0.25, 0.3) is 5.57 Å². The molecule has 1 fully saturated rings. The molecular weight excluding hydrogens is 361 g/mol. The number of hydrogen-bond donors (Lipinski definition) is 0. The fourth-order valence-corrected chi connectivity index (χ4v) is 6.05. The first-order valence-electron chi connectivity index (χ1n) is 8.72. The summed E-state index contributed by atoms with van der Waals surface area (Å²) in [7, 11) is 2.22. The summed E-state index contributed by atoms with van der Waals surface area (Å²) < 4.78 is 8.87. The van der Waals surface area contributed by atoms with E-state index in [1.165, 1.54) is 38.5 Å². The summed E-state index contributed by atoms with van der Waals surface area (Å²) >= 11 is 0.313. The van der Waals surface area contributed by atoms with Crippen molar-refractivity contribution in [2.45, 2.75) is 19.8 Å².